The molecule has 5 heteroatoms. The number of hydrogen-bond acceptors (Lipinski definition) is 4. The Labute approximate surface area is 141 Å². The number of hydrogen-bond donors (Lipinski definition) is 1. The van der Waals surface area contributed by atoms with Gasteiger partial charge in [-0.1, -0.05) is 43.5 Å². The molecule has 1 unspecified atom stereocenters. The van der Waals surface area contributed by atoms with E-state index in [2.05, 4.69) is 27.2 Å². The Kier molecular flexibility index (Phi) is 4.15. The summed E-state index contributed by atoms with van der Waals surface area (Å²) < 4.78 is 0. The predicted molar refractivity (Wildman–Crippen MR) is 94.0 cm³/mol. The molecular weight excluding hydrogens is 300 g/mol. The summed E-state index contributed by atoms with van der Waals surface area (Å²) in [5, 5.41) is 6.41. The predicted octanol–water partition coefficient (Wildman–Crippen LogP) is 3.84. The fraction of sp³-hybridized carbons (Fsp3) is 0.421. The zero-order chi connectivity index (χ0) is 16.4. The summed E-state index contributed by atoms with van der Waals surface area (Å²) in [6.45, 7) is 0. The molecule has 1 N–H and O–H groups in total. The van der Waals surface area contributed by atoms with E-state index in [0.717, 1.165) is 24.0 Å². The van der Waals surface area contributed by atoms with Gasteiger partial charge in [-0.25, -0.2) is 9.99 Å². The Hall–Kier alpha value is -2.43. The molecule has 2 heterocycles. The van der Waals surface area contributed by atoms with Crippen molar-refractivity contribution in [1.29, 1.82) is 0 Å². The molecule has 1 saturated carbocycles. The van der Waals surface area contributed by atoms with E-state index in [4.69, 9.17) is 0 Å². The molecule has 0 spiro atoms. The van der Waals surface area contributed by atoms with Crippen LogP contribution in [0.5, 0.6) is 0 Å². The van der Waals surface area contributed by atoms with E-state index in [1.54, 1.807) is 12.4 Å². The number of benzene rings is 1. The third-order valence-electron chi connectivity index (χ3n) is 5.13. The number of fused-ring (bicyclic) bond motifs is 1. The SMILES string of the molecule is O=C(CC1c2ccccc2C=NN1c1ncc[nH]1)C1CCCCC1. The Morgan fingerprint density at radius 2 is 2.04 bits per heavy atom. The van der Waals surface area contributed by atoms with Gasteiger partial charge in [0, 0.05) is 24.7 Å². The highest BCUT2D eigenvalue weighted by molar-refractivity contribution is 5.87. The molecule has 24 heavy (non-hydrogen) atoms. The summed E-state index contributed by atoms with van der Waals surface area (Å²) in [4.78, 5) is 20.3. The largest absolute Gasteiger partial charge is 0.329 e. The van der Waals surface area contributed by atoms with Crippen LogP contribution in [0.3, 0.4) is 0 Å². The number of nitrogens with one attached hydrogen (secondary N) is 1. The number of rotatable bonds is 4. The van der Waals surface area contributed by atoms with Gasteiger partial charge in [0.1, 0.15) is 5.78 Å². The van der Waals surface area contributed by atoms with Crippen molar-refractivity contribution in [2.45, 2.75) is 44.6 Å². The van der Waals surface area contributed by atoms with Gasteiger partial charge in [0.2, 0.25) is 5.95 Å². The van der Waals surface area contributed by atoms with Crippen molar-refractivity contribution in [2.75, 3.05) is 5.01 Å². The van der Waals surface area contributed by atoms with Crippen LogP contribution >= 0.6 is 0 Å². The van der Waals surface area contributed by atoms with Gasteiger partial charge in [-0.05, 0) is 24.0 Å². The number of Topliss-reactive ketones (excluding diaryl/α,β-unsaturated/α-hetero) is 1. The molecule has 2 aromatic rings. The van der Waals surface area contributed by atoms with Crippen molar-refractivity contribution < 1.29 is 4.79 Å². The summed E-state index contributed by atoms with van der Waals surface area (Å²) in [5.41, 5.74) is 2.23. The molecular formula is C19H22N4O. The lowest BCUT2D eigenvalue weighted by Crippen LogP contribution is -2.32. The molecule has 4 rings (SSSR count). The Morgan fingerprint density at radius 3 is 2.83 bits per heavy atom. The molecule has 0 saturated heterocycles. The van der Waals surface area contributed by atoms with E-state index < -0.39 is 0 Å². The molecule has 1 aromatic heterocycles. The highest BCUT2D eigenvalue weighted by atomic mass is 16.1. The van der Waals surface area contributed by atoms with Gasteiger partial charge in [-0.15, -0.1) is 0 Å². The smallest absolute Gasteiger partial charge is 0.224 e. The van der Waals surface area contributed by atoms with E-state index in [1.165, 1.54) is 19.3 Å². The second-order valence-electron chi connectivity index (χ2n) is 6.65. The van der Waals surface area contributed by atoms with E-state index in [9.17, 15) is 4.79 Å². The number of carbonyl (C=O) groups excluding carboxylic acids is 1. The van der Waals surface area contributed by atoms with Crippen molar-refractivity contribution in [3.63, 3.8) is 0 Å². The molecule has 5 nitrogen and oxygen atoms in total. The van der Waals surface area contributed by atoms with Crippen LogP contribution in [0.4, 0.5) is 5.95 Å². The molecule has 1 atom stereocenters. The lowest BCUT2D eigenvalue weighted by molar-refractivity contribution is -0.124. The molecule has 2 aliphatic rings. The van der Waals surface area contributed by atoms with E-state index in [0.29, 0.717) is 18.2 Å². The van der Waals surface area contributed by atoms with Crippen molar-refractivity contribution in [2.24, 2.45) is 11.0 Å². The standard InChI is InChI=1S/C19H22N4O/c24-18(14-6-2-1-3-7-14)12-17-16-9-5-4-8-15(16)13-22-23(17)19-20-10-11-21-19/h4-5,8-11,13-14,17H,1-3,6-7,12H2,(H,20,21). The van der Waals surface area contributed by atoms with Gasteiger partial charge in [0.15, 0.2) is 0 Å². The molecule has 0 amide bonds. The monoisotopic (exact) mass is 322 g/mol. The maximum atomic E-state index is 12.9. The Morgan fingerprint density at radius 1 is 1.21 bits per heavy atom. The van der Waals surface area contributed by atoms with Crippen LogP contribution in [0.15, 0.2) is 41.8 Å². The maximum absolute atomic E-state index is 12.9. The molecule has 0 radical (unpaired) electrons. The van der Waals surface area contributed by atoms with Gasteiger partial charge in [-0.3, -0.25) is 4.79 Å². The van der Waals surface area contributed by atoms with Crippen molar-refractivity contribution in [3.05, 3.63) is 47.8 Å². The van der Waals surface area contributed by atoms with Crippen LogP contribution in [0, 0.1) is 5.92 Å². The first-order valence-corrected chi connectivity index (χ1v) is 8.77. The van der Waals surface area contributed by atoms with Crippen LogP contribution in [-0.2, 0) is 4.79 Å². The minimum absolute atomic E-state index is 0.0909. The average Bonchev–Trinajstić information content (AvgIpc) is 3.17. The third-order valence-corrected chi connectivity index (χ3v) is 5.13. The first-order chi connectivity index (χ1) is 11.8. The topological polar surface area (TPSA) is 61.4 Å². The lowest BCUT2D eigenvalue weighted by Gasteiger charge is -2.32. The number of nitrogens with zero attached hydrogens (tertiary/aromatic N) is 3. The summed E-state index contributed by atoms with van der Waals surface area (Å²) in [6, 6.07) is 8.09. The van der Waals surface area contributed by atoms with E-state index in [-0.39, 0.29) is 12.0 Å². The van der Waals surface area contributed by atoms with Crippen LogP contribution in [0.25, 0.3) is 0 Å². The highest BCUT2D eigenvalue weighted by Crippen LogP contribution is 2.35. The van der Waals surface area contributed by atoms with Crippen LogP contribution in [0.1, 0.15) is 55.7 Å². The van der Waals surface area contributed by atoms with Crippen molar-refractivity contribution >= 4 is 17.9 Å². The first-order valence-electron chi connectivity index (χ1n) is 8.77. The highest BCUT2D eigenvalue weighted by Gasteiger charge is 2.32. The van der Waals surface area contributed by atoms with Gasteiger partial charge in [-0.2, -0.15) is 5.10 Å². The third kappa shape index (κ3) is 2.86. The second kappa shape index (κ2) is 6.59. The zero-order valence-electron chi connectivity index (χ0n) is 13.7. The molecule has 1 aliphatic heterocycles. The van der Waals surface area contributed by atoms with Crippen LogP contribution in [0.2, 0.25) is 0 Å². The van der Waals surface area contributed by atoms with Gasteiger partial charge in [0.05, 0.1) is 12.3 Å². The van der Waals surface area contributed by atoms with Gasteiger partial charge in [0.25, 0.3) is 0 Å². The maximum Gasteiger partial charge on any atom is 0.224 e. The number of aromatic nitrogens is 2. The van der Waals surface area contributed by atoms with Gasteiger partial charge >= 0.3 is 0 Å². The summed E-state index contributed by atoms with van der Waals surface area (Å²) >= 11 is 0. The number of H-pyrrole nitrogens is 1. The number of hydrazone groups is 1. The number of carbonyl (C=O) groups is 1. The van der Waals surface area contributed by atoms with E-state index >= 15 is 0 Å². The minimum Gasteiger partial charge on any atom is -0.329 e. The lowest BCUT2D eigenvalue weighted by atomic mass is 9.83. The Bertz CT molecular complexity index is 732. The first kappa shape index (κ1) is 15.1. The quantitative estimate of drug-likeness (QED) is 0.930. The van der Waals surface area contributed by atoms with E-state index in [1.807, 2.05) is 23.4 Å². The fourth-order valence-corrected chi connectivity index (χ4v) is 3.83. The van der Waals surface area contributed by atoms with Gasteiger partial charge < -0.3 is 4.98 Å². The molecule has 0 bridgehead atoms. The van der Waals surface area contributed by atoms with Crippen LogP contribution in [-0.4, -0.2) is 22.0 Å². The summed E-state index contributed by atoms with van der Waals surface area (Å²) in [7, 11) is 0. The molecule has 1 aliphatic carbocycles. The normalized spacial score (nSPS) is 20.8. The van der Waals surface area contributed by atoms with Crippen LogP contribution < -0.4 is 5.01 Å². The number of anilines is 1. The molecule has 1 aromatic carbocycles. The minimum atomic E-state index is -0.0909. The number of aromatic amines is 1. The zero-order valence-corrected chi connectivity index (χ0v) is 13.7. The summed E-state index contributed by atoms with van der Waals surface area (Å²) in [6.07, 6.45) is 11.5. The summed E-state index contributed by atoms with van der Waals surface area (Å²) in [5.74, 6) is 1.26. The van der Waals surface area contributed by atoms with Crippen molar-refractivity contribution in [3.8, 4) is 0 Å². The number of ketones is 1. The average molecular weight is 322 g/mol. The Balaban J connectivity index is 1.63. The number of imidazole rings is 1. The van der Waals surface area contributed by atoms with Crippen molar-refractivity contribution in [1.82, 2.24) is 9.97 Å². The molecule has 1 fully saturated rings. The molecule has 124 valence electrons. The fourth-order valence-electron chi connectivity index (χ4n) is 3.83. The second-order valence-corrected chi connectivity index (χ2v) is 6.65.